The highest BCUT2D eigenvalue weighted by atomic mass is 32.2. The van der Waals surface area contributed by atoms with Crippen molar-refractivity contribution >= 4 is 28.7 Å². The number of anilines is 1. The van der Waals surface area contributed by atoms with Gasteiger partial charge < -0.3 is 10.2 Å². The second kappa shape index (κ2) is 4.89. The van der Waals surface area contributed by atoms with Gasteiger partial charge >= 0.3 is 0 Å². The quantitative estimate of drug-likeness (QED) is 0.583. The Kier molecular flexibility index (Phi) is 3.08. The Morgan fingerprint density at radius 3 is 2.84 bits per heavy atom. The van der Waals surface area contributed by atoms with Gasteiger partial charge in [-0.1, -0.05) is 23.9 Å². The SMILES string of the molecule is Cc1cc(N)nc(SCc2nc3ccccc3o2)n1. The fraction of sp³-hybridized carbons (Fsp3) is 0.154. The summed E-state index contributed by atoms with van der Waals surface area (Å²) in [6.45, 7) is 1.89. The summed E-state index contributed by atoms with van der Waals surface area (Å²) in [6, 6.07) is 9.43. The number of aryl methyl sites for hydroxylation is 1. The summed E-state index contributed by atoms with van der Waals surface area (Å²) in [5.41, 5.74) is 8.20. The predicted molar refractivity (Wildman–Crippen MR) is 74.8 cm³/mol. The van der Waals surface area contributed by atoms with Crippen LogP contribution in [0.2, 0.25) is 0 Å². The summed E-state index contributed by atoms with van der Waals surface area (Å²) in [6.07, 6.45) is 0. The van der Waals surface area contributed by atoms with Gasteiger partial charge in [-0.2, -0.15) is 0 Å². The van der Waals surface area contributed by atoms with Crippen molar-refractivity contribution in [2.45, 2.75) is 17.8 Å². The zero-order valence-electron chi connectivity index (χ0n) is 10.3. The van der Waals surface area contributed by atoms with E-state index in [-0.39, 0.29) is 0 Å². The lowest BCUT2D eigenvalue weighted by atomic mass is 10.3. The van der Waals surface area contributed by atoms with Crippen molar-refractivity contribution in [2.75, 3.05) is 5.73 Å². The van der Waals surface area contributed by atoms with E-state index >= 15 is 0 Å². The number of hydrogen-bond donors (Lipinski definition) is 1. The van der Waals surface area contributed by atoms with Crippen molar-refractivity contribution in [3.8, 4) is 0 Å². The molecule has 0 aliphatic rings. The molecule has 6 heteroatoms. The summed E-state index contributed by atoms with van der Waals surface area (Å²) >= 11 is 1.46. The molecule has 0 aliphatic carbocycles. The van der Waals surface area contributed by atoms with Gasteiger partial charge in [-0.15, -0.1) is 0 Å². The summed E-state index contributed by atoms with van der Waals surface area (Å²) in [4.78, 5) is 12.9. The molecule has 1 aromatic carbocycles. The Hall–Kier alpha value is -2.08. The Labute approximate surface area is 114 Å². The van der Waals surface area contributed by atoms with E-state index < -0.39 is 0 Å². The van der Waals surface area contributed by atoms with E-state index in [1.165, 1.54) is 11.8 Å². The number of hydrogen-bond acceptors (Lipinski definition) is 6. The van der Waals surface area contributed by atoms with E-state index in [4.69, 9.17) is 10.2 Å². The van der Waals surface area contributed by atoms with Crippen LogP contribution in [0, 0.1) is 6.92 Å². The van der Waals surface area contributed by atoms with Gasteiger partial charge in [0.1, 0.15) is 11.3 Å². The third-order valence-electron chi connectivity index (χ3n) is 2.52. The minimum atomic E-state index is 0.479. The standard InChI is InChI=1S/C13H12N4OS/c1-8-6-11(14)17-13(15-8)19-7-12-16-9-4-2-3-5-10(9)18-12/h2-6H,7H2,1H3,(H2,14,15,17). The van der Waals surface area contributed by atoms with E-state index in [9.17, 15) is 0 Å². The van der Waals surface area contributed by atoms with Crippen molar-refractivity contribution in [3.05, 3.63) is 41.9 Å². The van der Waals surface area contributed by atoms with Gasteiger partial charge in [0.2, 0.25) is 5.89 Å². The third kappa shape index (κ3) is 2.68. The third-order valence-corrected chi connectivity index (χ3v) is 3.35. The Morgan fingerprint density at radius 2 is 2.05 bits per heavy atom. The molecule has 0 saturated heterocycles. The van der Waals surface area contributed by atoms with Crippen LogP contribution in [-0.2, 0) is 5.75 Å². The van der Waals surface area contributed by atoms with Gasteiger partial charge in [0, 0.05) is 11.8 Å². The molecule has 19 heavy (non-hydrogen) atoms. The molecule has 5 nitrogen and oxygen atoms in total. The first-order valence-corrected chi connectivity index (χ1v) is 6.78. The minimum Gasteiger partial charge on any atom is -0.440 e. The lowest BCUT2D eigenvalue weighted by Gasteiger charge is -2.00. The van der Waals surface area contributed by atoms with Gasteiger partial charge in [0.25, 0.3) is 0 Å². The van der Waals surface area contributed by atoms with Gasteiger partial charge in [-0.05, 0) is 19.1 Å². The topological polar surface area (TPSA) is 77.8 Å². The van der Waals surface area contributed by atoms with Gasteiger partial charge in [0.15, 0.2) is 10.7 Å². The van der Waals surface area contributed by atoms with Crippen LogP contribution in [0.4, 0.5) is 5.82 Å². The molecule has 2 heterocycles. The zero-order chi connectivity index (χ0) is 13.2. The zero-order valence-corrected chi connectivity index (χ0v) is 11.1. The molecule has 0 aliphatic heterocycles. The molecule has 0 fully saturated rings. The molecular formula is C13H12N4OS. The van der Waals surface area contributed by atoms with E-state index in [2.05, 4.69) is 15.0 Å². The molecule has 0 amide bonds. The Balaban J connectivity index is 1.78. The largest absolute Gasteiger partial charge is 0.440 e. The van der Waals surface area contributed by atoms with Crippen LogP contribution < -0.4 is 5.73 Å². The number of oxazole rings is 1. The van der Waals surface area contributed by atoms with Gasteiger partial charge in [-0.25, -0.2) is 15.0 Å². The maximum Gasteiger partial charge on any atom is 0.205 e. The molecule has 2 aromatic heterocycles. The number of rotatable bonds is 3. The number of nitrogens with two attached hydrogens (primary N) is 1. The normalized spacial score (nSPS) is 11.0. The summed E-state index contributed by atoms with van der Waals surface area (Å²) in [5.74, 6) is 1.72. The highest BCUT2D eigenvalue weighted by Crippen LogP contribution is 2.22. The van der Waals surface area contributed by atoms with Crippen molar-refractivity contribution in [1.82, 2.24) is 15.0 Å². The van der Waals surface area contributed by atoms with E-state index in [0.29, 0.717) is 22.6 Å². The number of nitrogen functional groups attached to an aromatic ring is 1. The number of para-hydroxylation sites is 2. The number of fused-ring (bicyclic) bond motifs is 1. The lowest BCUT2D eigenvalue weighted by molar-refractivity contribution is 0.556. The van der Waals surface area contributed by atoms with Crippen molar-refractivity contribution in [2.24, 2.45) is 0 Å². The predicted octanol–water partition coefficient (Wildman–Crippen LogP) is 2.80. The fourth-order valence-electron chi connectivity index (χ4n) is 1.74. The molecule has 0 bridgehead atoms. The number of benzene rings is 1. The molecule has 0 radical (unpaired) electrons. The van der Waals surface area contributed by atoms with E-state index in [0.717, 1.165) is 16.8 Å². The highest BCUT2D eigenvalue weighted by molar-refractivity contribution is 7.98. The van der Waals surface area contributed by atoms with Crippen LogP contribution in [0.15, 0.2) is 39.9 Å². The maximum absolute atomic E-state index is 5.69. The van der Waals surface area contributed by atoms with Crippen LogP contribution in [0.3, 0.4) is 0 Å². The molecule has 0 spiro atoms. The molecule has 0 atom stereocenters. The highest BCUT2D eigenvalue weighted by Gasteiger charge is 2.07. The molecule has 3 rings (SSSR count). The van der Waals surface area contributed by atoms with Crippen LogP contribution in [0.25, 0.3) is 11.1 Å². The van der Waals surface area contributed by atoms with E-state index in [1.807, 2.05) is 31.2 Å². The molecule has 2 N–H and O–H groups in total. The van der Waals surface area contributed by atoms with Crippen LogP contribution in [-0.4, -0.2) is 15.0 Å². The smallest absolute Gasteiger partial charge is 0.205 e. The number of thioether (sulfide) groups is 1. The molecule has 96 valence electrons. The van der Waals surface area contributed by atoms with E-state index in [1.54, 1.807) is 6.07 Å². The first kappa shape index (κ1) is 12.0. The van der Waals surface area contributed by atoms with Crippen molar-refractivity contribution in [3.63, 3.8) is 0 Å². The van der Waals surface area contributed by atoms with Gasteiger partial charge in [-0.3, -0.25) is 0 Å². The number of nitrogens with zero attached hydrogens (tertiary/aromatic N) is 3. The van der Waals surface area contributed by atoms with Crippen LogP contribution in [0.1, 0.15) is 11.6 Å². The second-order valence-corrected chi connectivity index (χ2v) is 5.02. The minimum absolute atomic E-state index is 0.479. The maximum atomic E-state index is 5.69. The van der Waals surface area contributed by atoms with Crippen molar-refractivity contribution in [1.29, 1.82) is 0 Å². The summed E-state index contributed by atoms with van der Waals surface area (Å²) in [7, 11) is 0. The monoisotopic (exact) mass is 272 g/mol. The first-order valence-electron chi connectivity index (χ1n) is 5.79. The van der Waals surface area contributed by atoms with Crippen molar-refractivity contribution < 1.29 is 4.42 Å². The number of aromatic nitrogens is 3. The molecule has 0 unspecified atom stereocenters. The molecular weight excluding hydrogens is 260 g/mol. The Bertz CT molecular complexity index is 672. The Morgan fingerprint density at radius 1 is 1.21 bits per heavy atom. The van der Waals surface area contributed by atoms with Crippen LogP contribution in [0.5, 0.6) is 0 Å². The fourth-order valence-corrected chi connectivity index (χ4v) is 2.49. The summed E-state index contributed by atoms with van der Waals surface area (Å²) < 4.78 is 5.63. The van der Waals surface area contributed by atoms with Gasteiger partial charge in [0.05, 0.1) is 5.75 Å². The summed E-state index contributed by atoms with van der Waals surface area (Å²) in [5, 5.41) is 0.639. The lowest BCUT2D eigenvalue weighted by Crippen LogP contribution is -1.96. The second-order valence-electron chi connectivity index (χ2n) is 4.08. The van der Waals surface area contributed by atoms with Crippen LogP contribution >= 0.6 is 11.8 Å². The first-order chi connectivity index (χ1) is 9.20. The molecule has 3 aromatic rings. The molecule has 0 saturated carbocycles. The average Bonchev–Trinajstić information content (AvgIpc) is 2.78. The average molecular weight is 272 g/mol.